The molecule has 7 heteroatoms. The molecule has 1 aromatic carbocycles. The molecule has 146 valence electrons. The molecule has 1 fully saturated rings. The van der Waals surface area contributed by atoms with E-state index in [0.29, 0.717) is 19.6 Å². The summed E-state index contributed by atoms with van der Waals surface area (Å²) >= 11 is 1.54. The Kier molecular flexibility index (Phi) is 4.52. The maximum atomic E-state index is 12.9. The number of aromatic nitrogens is 1. The van der Waals surface area contributed by atoms with Gasteiger partial charge in [0.1, 0.15) is 11.4 Å². The molecule has 0 aliphatic carbocycles. The van der Waals surface area contributed by atoms with Crippen molar-refractivity contribution in [2.75, 3.05) is 23.7 Å². The minimum atomic E-state index is -0.434. The number of amides is 1. The zero-order valence-corrected chi connectivity index (χ0v) is 16.7. The normalized spacial score (nSPS) is 21.7. The second-order valence-corrected chi connectivity index (χ2v) is 8.15. The van der Waals surface area contributed by atoms with Crippen LogP contribution in [0.1, 0.15) is 22.3 Å². The van der Waals surface area contributed by atoms with Crippen LogP contribution in [-0.4, -0.2) is 40.3 Å². The molecular weight excluding hydrogens is 382 g/mol. The summed E-state index contributed by atoms with van der Waals surface area (Å²) in [4.78, 5) is 24.2. The number of fused-ring (bicyclic) bond motifs is 1. The quantitative estimate of drug-likeness (QED) is 0.697. The van der Waals surface area contributed by atoms with Gasteiger partial charge >= 0.3 is 0 Å². The topological polar surface area (TPSA) is 69.6 Å². The molecule has 2 aromatic heterocycles. The summed E-state index contributed by atoms with van der Waals surface area (Å²) in [5.41, 5.74) is 2.40. The van der Waals surface area contributed by atoms with E-state index in [4.69, 9.17) is 4.99 Å². The number of aliphatic imine (C=N–C) groups is 1. The van der Waals surface area contributed by atoms with Gasteiger partial charge in [0.2, 0.25) is 0 Å². The van der Waals surface area contributed by atoms with Crippen molar-refractivity contribution in [3.63, 3.8) is 0 Å². The van der Waals surface area contributed by atoms with E-state index in [2.05, 4.69) is 27.8 Å². The van der Waals surface area contributed by atoms with E-state index in [-0.39, 0.29) is 5.91 Å². The van der Waals surface area contributed by atoms with E-state index >= 15 is 0 Å². The number of nitrogens with zero attached hydrogens (tertiary/aromatic N) is 3. The van der Waals surface area contributed by atoms with Gasteiger partial charge in [-0.25, -0.2) is 4.98 Å². The molecular formula is C22H21N5OS. The lowest BCUT2D eigenvalue weighted by atomic mass is 9.93. The summed E-state index contributed by atoms with van der Waals surface area (Å²) in [5.74, 6) is 1.69. The number of carbonyl (C=O) groups is 1. The number of anilines is 2. The lowest BCUT2D eigenvalue weighted by Crippen LogP contribution is -2.55. The monoisotopic (exact) mass is 403 g/mol. The number of pyridine rings is 1. The number of nitrogens with one attached hydrogen (secondary N) is 2. The van der Waals surface area contributed by atoms with Crippen LogP contribution in [0, 0.1) is 0 Å². The molecule has 5 rings (SSSR count). The molecule has 0 bridgehead atoms. The van der Waals surface area contributed by atoms with Gasteiger partial charge in [-0.3, -0.25) is 9.79 Å². The van der Waals surface area contributed by atoms with Crippen LogP contribution >= 0.6 is 11.3 Å². The maximum Gasteiger partial charge on any atom is 0.254 e. The second-order valence-electron chi connectivity index (χ2n) is 7.37. The molecule has 29 heavy (non-hydrogen) atoms. The van der Waals surface area contributed by atoms with Crippen LogP contribution in [-0.2, 0) is 6.54 Å². The fourth-order valence-corrected chi connectivity index (χ4v) is 4.58. The number of rotatable bonds is 3. The number of benzene rings is 1. The first-order valence-corrected chi connectivity index (χ1v) is 10.6. The summed E-state index contributed by atoms with van der Waals surface area (Å²) in [6, 6.07) is 16.0. The molecule has 0 unspecified atom stereocenters. The third-order valence-corrected chi connectivity index (χ3v) is 6.14. The van der Waals surface area contributed by atoms with Gasteiger partial charge in [0, 0.05) is 18.1 Å². The van der Waals surface area contributed by atoms with E-state index in [0.717, 1.165) is 34.9 Å². The number of hydrogen-bond acceptors (Lipinski definition) is 5. The summed E-state index contributed by atoms with van der Waals surface area (Å²) in [6.45, 7) is 1.83. The van der Waals surface area contributed by atoms with Crippen molar-refractivity contribution in [1.82, 2.24) is 9.88 Å². The standard InChI is InChI=1S/C22H21N5OS/c28-20(17-8-12-29-14-17)27-11-9-22(15-27)21(24-13-16-5-2-1-3-6-16)25-19-18(26-22)7-4-10-23-19/h1-8,10,12,14,26H,9,11,13,15H2,(H,23,24,25)/t22-/m0/s1. The molecule has 0 saturated carbocycles. The van der Waals surface area contributed by atoms with E-state index in [1.54, 1.807) is 17.5 Å². The Morgan fingerprint density at radius 1 is 1.21 bits per heavy atom. The number of likely N-dealkylation sites (tertiary alicyclic amines) is 1. The third-order valence-electron chi connectivity index (χ3n) is 5.46. The fraction of sp³-hybridized carbons (Fsp3) is 0.227. The highest BCUT2D eigenvalue weighted by Crippen LogP contribution is 2.36. The summed E-state index contributed by atoms with van der Waals surface area (Å²) in [7, 11) is 0. The van der Waals surface area contributed by atoms with Crippen LogP contribution in [0.15, 0.2) is 70.5 Å². The second kappa shape index (κ2) is 7.33. The molecule has 0 radical (unpaired) electrons. The van der Waals surface area contributed by atoms with Crippen LogP contribution < -0.4 is 10.6 Å². The van der Waals surface area contributed by atoms with Gasteiger partial charge in [0.25, 0.3) is 5.91 Å². The highest BCUT2D eigenvalue weighted by atomic mass is 32.1. The highest BCUT2D eigenvalue weighted by molar-refractivity contribution is 7.08. The van der Waals surface area contributed by atoms with E-state index in [9.17, 15) is 4.79 Å². The molecule has 1 spiro atoms. The summed E-state index contributed by atoms with van der Waals surface area (Å²) < 4.78 is 0. The predicted octanol–water partition coefficient (Wildman–Crippen LogP) is 3.86. The molecule has 2 aliphatic rings. The molecule has 6 nitrogen and oxygen atoms in total. The Morgan fingerprint density at radius 2 is 2.10 bits per heavy atom. The molecule has 2 aliphatic heterocycles. The maximum absolute atomic E-state index is 12.9. The number of carbonyl (C=O) groups excluding carboxylic acids is 1. The average molecular weight is 404 g/mol. The number of amidine groups is 1. The Labute approximate surface area is 173 Å². The molecule has 1 atom stereocenters. The molecule has 1 amide bonds. The van der Waals surface area contributed by atoms with Crippen molar-refractivity contribution in [3.05, 3.63) is 76.6 Å². The first-order chi connectivity index (χ1) is 14.2. The fourth-order valence-electron chi connectivity index (χ4n) is 3.95. The smallest absolute Gasteiger partial charge is 0.254 e. The van der Waals surface area contributed by atoms with Crippen LogP contribution in [0.4, 0.5) is 11.5 Å². The van der Waals surface area contributed by atoms with Gasteiger partial charge in [-0.15, -0.1) is 0 Å². The van der Waals surface area contributed by atoms with Crippen molar-refractivity contribution in [3.8, 4) is 0 Å². The van der Waals surface area contributed by atoms with Crippen molar-refractivity contribution in [2.45, 2.75) is 18.5 Å². The Hall–Kier alpha value is -3.19. The van der Waals surface area contributed by atoms with Crippen LogP contribution in [0.25, 0.3) is 0 Å². The lowest BCUT2D eigenvalue weighted by Gasteiger charge is -2.38. The zero-order valence-electron chi connectivity index (χ0n) is 15.8. The van der Waals surface area contributed by atoms with Crippen LogP contribution in [0.5, 0.6) is 0 Å². The van der Waals surface area contributed by atoms with Gasteiger partial charge in [0.15, 0.2) is 5.82 Å². The van der Waals surface area contributed by atoms with Gasteiger partial charge < -0.3 is 15.5 Å². The molecule has 3 aromatic rings. The highest BCUT2D eigenvalue weighted by Gasteiger charge is 2.47. The van der Waals surface area contributed by atoms with Crippen molar-refractivity contribution in [1.29, 1.82) is 0 Å². The van der Waals surface area contributed by atoms with E-state index in [1.807, 2.05) is 52.1 Å². The minimum absolute atomic E-state index is 0.0734. The minimum Gasteiger partial charge on any atom is -0.368 e. The summed E-state index contributed by atoms with van der Waals surface area (Å²) in [5, 5.41) is 10.9. The van der Waals surface area contributed by atoms with Crippen molar-refractivity contribution < 1.29 is 4.79 Å². The number of hydrogen-bond donors (Lipinski definition) is 2. The Morgan fingerprint density at radius 3 is 2.93 bits per heavy atom. The average Bonchev–Trinajstić information content (AvgIpc) is 3.44. The van der Waals surface area contributed by atoms with Crippen molar-refractivity contribution >= 4 is 34.6 Å². The first-order valence-electron chi connectivity index (χ1n) is 9.64. The third kappa shape index (κ3) is 3.38. The Bertz CT molecular complexity index is 1050. The first kappa shape index (κ1) is 17.9. The van der Waals surface area contributed by atoms with Crippen LogP contribution in [0.2, 0.25) is 0 Å². The zero-order chi connectivity index (χ0) is 19.7. The van der Waals surface area contributed by atoms with E-state index < -0.39 is 5.54 Å². The molecule has 1 saturated heterocycles. The van der Waals surface area contributed by atoms with Crippen LogP contribution in [0.3, 0.4) is 0 Å². The summed E-state index contributed by atoms with van der Waals surface area (Å²) in [6.07, 6.45) is 2.55. The van der Waals surface area contributed by atoms with Gasteiger partial charge in [-0.05, 0) is 35.6 Å². The molecule has 2 N–H and O–H groups in total. The number of thiophene rings is 1. The lowest BCUT2D eigenvalue weighted by molar-refractivity contribution is 0.0790. The van der Waals surface area contributed by atoms with E-state index in [1.165, 1.54) is 0 Å². The van der Waals surface area contributed by atoms with Gasteiger partial charge in [-0.2, -0.15) is 11.3 Å². The van der Waals surface area contributed by atoms with Gasteiger partial charge in [0.05, 0.1) is 24.3 Å². The predicted molar refractivity (Wildman–Crippen MR) is 117 cm³/mol. The largest absolute Gasteiger partial charge is 0.368 e. The molecule has 4 heterocycles. The van der Waals surface area contributed by atoms with Crippen molar-refractivity contribution in [2.24, 2.45) is 4.99 Å². The SMILES string of the molecule is O=C(c1ccsc1)N1CC[C@@]2(C1)Nc1cccnc1NC2=NCc1ccccc1. The van der Waals surface area contributed by atoms with Gasteiger partial charge in [-0.1, -0.05) is 30.3 Å². The Balaban J connectivity index is 1.46.